The van der Waals surface area contributed by atoms with Crippen molar-refractivity contribution < 1.29 is 9.53 Å². The van der Waals surface area contributed by atoms with Crippen molar-refractivity contribution in [3.05, 3.63) is 70.2 Å². The summed E-state index contributed by atoms with van der Waals surface area (Å²) in [4.78, 5) is 17.1. The first-order chi connectivity index (χ1) is 16.3. The van der Waals surface area contributed by atoms with Crippen molar-refractivity contribution in [1.29, 1.82) is 10.5 Å². The molecular weight excluding hydrogens is 470 g/mol. The van der Waals surface area contributed by atoms with E-state index in [2.05, 4.69) is 16.4 Å². The minimum Gasteiger partial charge on any atom is -0.497 e. The standard InChI is InChI=1S/C25H22ClN5O2S/c1-14(16-4-8-18(26)9-5-16)30-24(32)15(2)34-25-21(13-28)22(20(12-27)23(29)31-25)17-6-10-19(33-3)11-7-17/h4-11,14-15H,1-3H3,(H2,29,31)(H,30,32). The number of carbonyl (C=O) groups is 1. The molecule has 3 rings (SSSR count). The molecular formula is C25H22ClN5O2S. The van der Waals surface area contributed by atoms with Gasteiger partial charge in [0.2, 0.25) is 5.91 Å². The van der Waals surface area contributed by atoms with Crippen molar-refractivity contribution in [3.63, 3.8) is 0 Å². The Labute approximate surface area is 207 Å². The number of amides is 1. The van der Waals surface area contributed by atoms with Crippen molar-refractivity contribution in [2.75, 3.05) is 12.8 Å². The number of nitrogen functional groups attached to an aromatic ring is 1. The molecule has 0 saturated carbocycles. The number of thioether (sulfide) groups is 1. The van der Waals surface area contributed by atoms with Crippen LogP contribution in [-0.4, -0.2) is 23.3 Å². The molecule has 2 unspecified atom stereocenters. The summed E-state index contributed by atoms with van der Waals surface area (Å²) in [6.45, 7) is 3.60. The summed E-state index contributed by atoms with van der Waals surface area (Å²) in [5.41, 5.74) is 8.29. The predicted molar refractivity (Wildman–Crippen MR) is 133 cm³/mol. The highest BCUT2D eigenvalue weighted by molar-refractivity contribution is 8.00. The van der Waals surface area contributed by atoms with E-state index >= 15 is 0 Å². The Morgan fingerprint density at radius 2 is 1.71 bits per heavy atom. The molecule has 34 heavy (non-hydrogen) atoms. The Morgan fingerprint density at radius 3 is 2.26 bits per heavy atom. The zero-order chi connectivity index (χ0) is 24.8. The summed E-state index contributed by atoms with van der Waals surface area (Å²) in [7, 11) is 1.55. The van der Waals surface area contributed by atoms with Crippen molar-refractivity contribution in [1.82, 2.24) is 10.3 Å². The van der Waals surface area contributed by atoms with Crippen molar-refractivity contribution in [2.24, 2.45) is 0 Å². The molecule has 0 bridgehead atoms. The van der Waals surface area contributed by atoms with Crippen LogP contribution in [0.3, 0.4) is 0 Å². The van der Waals surface area contributed by atoms with E-state index in [-0.39, 0.29) is 33.9 Å². The highest BCUT2D eigenvalue weighted by atomic mass is 35.5. The van der Waals surface area contributed by atoms with Crippen molar-refractivity contribution >= 4 is 35.1 Å². The van der Waals surface area contributed by atoms with Gasteiger partial charge in [-0.1, -0.05) is 47.6 Å². The van der Waals surface area contributed by atoms with E-state index in [1.54, 1.807) is 50.4 Å². The molecule has 0 fully saturated rings. The number of halogens is 1. The lowest BCUT2D eigenvalue weighted by Crippen LogP contribution is -2.33. The molecule has 1 aromatic heterocycles. The van der Waals surface area contributed by atoms with Gasteiger partial charge >= 0.3 is 0 Å². The first-order valence-corrected chi connectivity index (χ1v) is 11.5. The highest BCUT2D eigenvalue weighted by Crippen LogP contribution is 2.37. The van der Waals surface area contributed by atoms with Gasteiger partial charge in [-0.3, -0.25) is 4.79 Å². The van der Waals surface area contributed by atoms with Gasteiger partial charge in [-0.2, -0.15) is 10.5 Å². The van der Waals surface area contributed by atoms with Gasteiger partial charge in [0.15, 0.2) is 0 Å². The maximum absolute atomic E-state index is 12.9. The fourth-order valence-corrected chi connectivity index (χ4v) is 4.37. The number of rotatable bonds is 7. The van der Waals surface area contributed by atoms with Crippen LogP contribution in [0.25, 0.3) is 11.1 Å². The van der Waals surface area contributed by atoms with Gasteiger partial charge in [0.25, 0.3) is 0 Å². The maximum atomic E-state index is 12.9. The third-order valence-corrected chi connectivity index (χ3v) is 6.52. The largest absolute Gasteiger partial charge is 0.497 e. The molecule has 0 aliphatic carbocycles. The van der Waals surface area contributed by atoms with E-state index in [9.17, 15) is 15.3 Å². The van der Waals surface area contributed by atoms with Gasteiger partial charge < -0.3 is 15.8 Å². The SMILES string of the molecule is COc1ccc(-c2c(C#N)c(N)nc(SC(C)C(=O)NC(C)c3ccc(Cl)cc3)c2C#N)cc1. The van der Waals surface area contributed by atoms with Crippen LogP contribution in [0.2, 0.25) is 5.02 Å². The number of aromatic nitrogens is 1. The number of pyridine rings is 1. The van der Waals surface area contributed by atoms with Crippen LogP contribution >= 0.6 is 23.4 Å². The molecule has 1 amide bonds. The number of ether oxygens (including phenoxy) is 1. The van der Waals surface area contributed by atoms with Gasteiger partial charge in [-0.05, 0) is 49.2 Å². The second kappa shape index (κ2) is 10.9. The minimum atomic E-state index is -0.578. The Kier molecular flexibility index (Phi) is 8.01. The number of hydrogen-bond donors (Lipinski definition) is 2. The van der Waals surface area contributed by atoms with E-state index in [0.29, 0.717) is 21.9 Å². The smallest absolute Gasteiger partial charge is 0.233 e. The van der Waals surface area contributed by atoms with E-state index in [4.69, 9.17) is 22.1 Å². The predicted octanol–water partition coefficient (Wildman–Crippen LogP) is 5.09. The van der Waals surface area contributed by atoms with Gasteiger partial charge in [0, 0.05) is 10.6 Å². The Morgan fingerprint density at radius 1 is 1.09 bits per heavy atom. The highest BCUT2D eigenvalue weighted by Gasteiger charge is 2.24. The van der Waals surface area contributed by atoms with Crippen LogP contribution in [0.1, 0.15) is 36.6 Å². The normalized spacial score (nSPS) is 12.2. The molecule has 2 aromatic carbocycles. The van der Waals surface area contributed by atoms with Crippen LogP contribution in [0.4, 0.5) is 5.82 Å². The van der Waals surface area contributed by atoms with Crippen molar-refractivity contribution in [3.8, 4) is 29.0 Å². The van der Waals surface area contributed by atoms with Crippen molar-refractivity contribution in [2.45, 2.75) is 30.2 Å². The lowest BCUT2D eigenvalue weighted by molar-refractivity contribution is -0.120. The second-order valence-electron chi connectivity index (χ2n) is 7.42. The fourth-order valence-electron chi connectivity index (χ4n) is 3.32. The van der Waals surface area contributed by atoms with Gasteiger partial charge in [0.05, 0.1) is 24.0 Å². The first kappa shape index (κ1) is 24.9. The number of methoxy groups -OCH3 is 1. The average Bonchev–Trinajstić information content (AvgIpc) is 2.84. The van der Waals surface area contributed by atoms with Gasteiger partial charge in [-0.25, -0.2) is 4.98 Å². The monoisotopic (exact) mass is 491 g/mol. The molecule has 3 N–H and O–H groups in total. The Bertz CT molecular complexity index is 1280. The average molecular weight is 492 g/mol. The van der Waals surface area contributed by atoms with Gasteiger partial charge in [-0.15, -0.1) is 0 Å². The number of hydrogen-bond acceptors (Lipinski definition) is 7. The maximum Gasteiger partial charge on any atom is 0.233 e. The van der Waals surface area contributed by atoms with Gasteiger partial charge in [0.1, 0.15) is 34.3 Å². The molecule has 3 aromatic rings. The molecule has 7 nitrogen and oxygen atoms in total. The lowest BCUT2D eigenvalue weighted by atomic mass is 9.97. The zero-order valence-electron chi connectivity index (χ0n) is 18.8. The number of carbonyl (C=O) groups excluding carboxylic acids is 1. The number of nitrogens with two attached hydrogens (primary N) is 1. The number of nitrogens with zero attached hydrogens (tertiary/aromatic N) is 3. The summed E-state index contributed by atoms with van der Waals surface area (Å²) < 4.78 is 5.19. The number of nitriles is 2. The second-order valence-corrected chi connectivity index (χ2v) is 9.19. The molecule has 0 aliphatic rings. The lowest BCUT2D eigenvalue weighted by Gasteiger charge is -2.19. The van der Waals surface area contributed by atoms with E-state index in [0.717, 1.165) is 17.3 Å². The molecule has 9 heteroatoms. The molecule has 172 valence electrons. The topological polar surface area (TPSA) is 125 Å². The van der Waals surface area contributed by atoms with Crippen LogP contribution in [-0.2, 0) is 4.79 Å². The zero-order valence-corrected chi connectivity index (χ0v) is 20.4. The molecule has 2 atom stereocenters. The number of anilines is 1. The fraction of sp³-hybridized carbons (Fsp3) is 0.200. The first-order valence-electron chi connectivity index (χ1n) is 10.3. The molecule has 0 spiro atoms. The van der Waals surface area contributed by atoms with Crippen LogP contribution in [0.5, 0.6) is 5.75 Å². The Hall–Kier alpha value is -3.72. The molecule has 1 heterocycles. The molecule has 0 aliphatic heterocycles. The molecule has 0 saturated heterocycles. The third kappa shape index (κ3) is 5.43. The third-order valence-electron chi connectivity index (χ3n) is 5.18. The van der Waals surface area contributed by atoms with Crippen LogP contribution in [0, 0.1) is 22.7 Å². The van der Waals surface area contributed by atoms with Crippen LogP contribution in [0.15, 0.2) is 53.6 Å². The minimum absolute atomic E-state index is 0.00282. The quantitative estimate of drug-likeness (QED) is 0.440. The summed E-state index contributed by atoms with van der Waals surface area (Å²) >= 11 is 7.05. The summed E-state index contributed by atoms with van der Waals surface area (Å²) in [6, 6.07) is 18.1. The van der Waals surface area contributed by atoms with E-state index in [1.165, 1.54) is 0 Å². The summed E-state index contributed by atoms with van der Waals surface area (Å²) in [6.07, 6.45) is 0. The molecule has 0 radical (unpaired) electrons. The Balaban J connectivity index is 1.91. The summed E-state index contributed by atoms with van der Waals surface area (Å²) in [5, 5.41) is 22.9. The van der Waals surface area contributed by atoms with Crippen LogP contribution < -0.4 is 15.8 Å². The van der Waals surface area contributed by atoms with E-state index in [1.807, 2.05) is 25.1 Å². The summed E-state index contributed by atoms with van der Waals surface area (Å²) in [5.74, 6) is 0.404. The van der Waals surface area contributed by atoms with E-state index < -0.39 is 5.25 Å². The number of nitrogens with one attached hydrogen (secondary N) is 1. The number of benzene rings is 2.